The second-order valence-electron chi connectivity index (χ2n) is 8.31. The number of anilines is 1. The molecule has 0 spiro atoms. The first-order chi connectivity index (χ1) is 14.2. The van der Waals surface area contributed by atoms with Crippen LogP contribution < -0.4 is 5.32 Å². The number of halogens is 1. The minimum absolute atomic E-state index is 0.359. The van der Waals surface area contributed by atoms with Gasteiger partial charge < -0.3 is 10.2 Å². The van der Waals surface area contributed by atoms with Crippen molar-refractivity contribution in [3.63, 3.8) is 0 Å². The standard InChI is InChI=1S/C23H32ClN5/c1-3-29(4-2)19-12-18(13-19)14-25-22-20-16-28(15-17-8-6-5-7-9-17)11-10-21(20)26-23(24)27-22/h5-9,18-19H,3-4,10-16H2,1-2H3,(H,25,26,27). The molecule has 156 valence electrons. The van der Waals surface area contributed by atoms with Crippen LogP contribution in [0.5, 0.6) is 0 Å². The molecular formula is C23H32ClN5. The summed E-state index contributed by atoms with van der Waals surface area (Å²) in [6, 6.07) is 11.4. The van der Waals surface area contributed by atoms with E-state index in [0.717, 1.165) is 63.2 Å². The topological polar surface area (TPSA) is 44.3 Å². The van der Waals surface area contributed by atoms with Gasteiger partial charge in [0.05, 0.1) is 5.69 Å². The largest absolute Gasteiger partial charge is 0.369 e. The average Bonchev–Trinajstić information content (AvgIpc) is 2.70. The van der Waals surface area contributed by atoms with Crippen molar-refractivity contribution >= 4 is 17.4 Å². The summed E-state index contributed by atoms with van der Waals surface area (Å²) in [5.41, 5.74) is 3.67. The lowest BCUT2D eigenvalue weighted by Crippen LogP contribution is -2.46. The monoisotopic (exact) mass is 413 g/mol. The van der Waals surface area contributed by atoms with Crippen LogP contribution in [-0.2, 0) is 19.5 Å². The van der Waals surface area contributed by atoms with Crippen molar-refractivity contribution in [2.75, 3.05) is 31.5 Å². The smallest absolute Gasteiger partial charge is 0.224 e. The first-order valence-electron chi connectivity index (χ1n) is 11.0. The molecule has 1 saturated carbocycles. The van der Waals surface area contributed by atoms with E-state index in [2.05, 4.69) is 69.3 Å². The van der Waals surface area contributed by atoms with Crippen LogP contribution in [0.25, 0.3) is 0 Å². The van der Waals surface area contributed by atoms with Gasteiger partial charge in [-0.15, -0.1) is 0 Å². The van der Waals surface area contributed by atoms with Crippen molar-refractivity contribution in [3.8, 4) is 0 Å². The summed E-state index contributed by atoms with van der Waals surface area (Å²) in [5, 5.41) is 3.97. The highest BCUT2D eigenvalue weighted by molar-refractivity contribution is 6.28. The molecule has 0 bridgehead atoms. The van der Waals surface area contributed by atoms with Gasteiger partial charge in [-0.05, 0) is 49.0 Å². The SMILES string of the molecule is CCN(CC)C1CC(CNc2nc(Cl)nc3c2CN(Cc2ccccc2)CC3)C1. The van der Waals surface area contributed by atoms with Crippen molar-refractivity contribution in [2.24, 2.45) is 5.92 Å². The Bertz CT molecular complexity index is 802. The van der Waals surface area contributed by atoms with Crippen molar-refractivity contribution in [1.82, 2.24) is 19.8 Å². The number of nitrogens with zero attached hydrogens (tertiary/aromatic N) is 4. The van der Waals surface area contributed by atoms with Crippen LogP contribution in [0.3, 0.4) is 0 Å². The molecule has 5 nitrogen and oxygen atoms in total. The van der Waals surface area contributed by atoms with Crippen LogP contribution in [0.15, 0.2) is 30.3 Å². The molecular weight excluding hydrogens is 382 g/mol. The molecule has 0 saturated heterocycles. The van der Waals surface area contributed by atoms with E-state index in [1.54, 1.807) is 0 Å². The maximum Gasteiger partial charge on any atom is 0.224 e. The summed E-state index contributed by atoms with van der Waals surface area (Å²) in [6.07, 6.45) is 3.47. The van der Waals surface area contributed by atoms with Crippen LogP contribution in [-0.4, -0.2) is 52.0 Å². The first-order valence-corrected chi connectivity index (χ1v) is 11.3. The van der Waals surface area contributed by atoms with E-state index < -0.39 is 0 Å². The van der Waals surface area contributed by atoms with Crippen molar-refractivity contribution < 1.29 is 0 Å². The van der Waals surface area contributed by atoms with E-state index in [4.69, 9.17) is 11.6 Å². The molecule has 1 aromatic carbocycles. The summed E-state index contributed by atoms with van der Waals surface area (Å²) in [6.45, 7) is 10.6. The van der Waals surface area contributed by atoms with Gasteiger partial charge in [0, 0.05) is 44.2 Å². The summed E-state index contributed by atoms with van der Waals surface area (Å²) < 4.78 is 0. The Kier molecular flexibility index (Phi) is 6.68. The molecule has 0 amide bonds. The van der Waals surface area contributed by atoms with Gasteiger partial charge in [0.1, 0.15) is 5.82 Å². The fourth-order valence-corrected chi connectivity index (χ4v) is 4.90. The van der Waals surface area contributed by atoms with E-state index >= 15 is 0 Å². The van der Waals surface area contributed by atoms with E-state index in [1.807, 2.05) is 0 Å². The number of aromatic nitrogens is 2. The summed E-state index contributed by atoms with van der Waals surface area (Å²) in [4.78, 5) is 14.1. The second kappa shape index (κ2) is 9.41. The molecule has 0 unspecified atom stereocenters. The van der Waals surface area contributed by atoms with Gasteiger partial charge in [0.25, 0.3) is 0 Å². The molecule has 0 radical (unpaired) electrons. The number of nitrogens with one attached hydrogen (secondary N) is 1. The van der Waals surface area contributed by atoms with Gasteiger partial charge in [-0.3, -0.25) is 4.90 Å². The second-order valence-corrected chi connectivity index (χ2v) is 8.64. The summed E-state index contributed by atoms with van der Waals surface area (Å²) in [7, 11) is 0. The quantitative estimate of drug-likeness (QED) is 0.656. The van der Waals surface area contributed by atoms with E-state index in [9.17, 15) is 0 Å². The van der Waals surface area contributed by atoms with Crippen LogP contribution in [0.2, 0.25) is 5.28 Å². The zero-order valence-corrected chi connectivity index (χ0v) is 18.3. The highest BCUT2D eigenvalue weighted by atomic mass is 35.5. The fourth-order valence-electron chi connectivity index (χ4n) is 4.71. The summed E-state index contributed by atoms with van der Waals surface area (Å²) >= 11 is 6.23. The lowest BCUT2D eigenvalue weighted by Gasteiger charge is -2.42. The number of rotatable bonds is 8. The van der Waals surface area contributed by atoms with Crippen LogP contribution in [0.1, 0.15) is 43.5 Å². The minimum Gasteiger partial charge on any atom is -0.369 e. The minimum atomic E-state index is 0.359. The molecule has 2 heterocycles. The molecule has 2 aromatic rings. The molecule has 2 aliphatic rings. The molecule has 1 aliphatic carbocycles. The van der Waals surface area contributed by atoms with Gasteiger partial charge in [0.2, 0.25) is 5.28 Å². The molecule has 1 fully saturated rings. The third-order valence-electron chi connectivity index (χ3n) is 6.46. The Hall–Kier alpha value is -1.69. The van der Waals surface area contributed by atoms with Crippen molar-refractivity contribution in [1.29, 1.82) is 0 Å². The number of hydrogen-bond acceptors (Lipinski definition) is 5. The predicted molar refractivity (Wildman–Crippen MR) is 119 cm³/mol. The van der Waals surface area contributed by atoms with Crippen LogP contribution in [0.4, 0.5) is 5.82 Å². The maximum atomic E-state index is 6.23. The predicted octanol–water partition coefficient (Wildman–Crippen LogP) is 4.22. The zero-order valence-electron chi connectivity index (χ0n) is 17.6. The number of fused-ring (bicyclic) bond motifs is 1. The Balaban J connectivity index is 1.38. The Morgan fingerprint density at radius 3 is 2.62 bits per heavy atom. The van der Waals surface area contributed by atoms with Crippen LogP contribution in [0, 0.1) is 5.92 Å². The van der Waals surface area contributed by atoms with Crippen LogP contribution >= 0.6 is 11.6 Å². The fraction of sp³-hybridized carbons (Fsp3) is 0.565. The molecule has 0 atom stereocenters. The highest BCUT2D eigenvalue weighted by Gasteiger charge is 2.32. The Morgan fingerprint density at radius 1 is 1.14 bits per heavy atom. The van der Waals surface area contributed by atoms with E-state index in [-0.39, 0.29) is 0 Å². The Labute approximate surface area is 179 Å². The van der Waals surface area contributed by atoms with Gasteiger partial charge in [-0.25, -0.2) is 9.97 Å². The molecule has 1 N–H and O–H groups in total. The normalized spacial score (nSPS) is 21.7. The number of hydrogen-bond donors (Lipinski definition) is 1. The van der Waals surface area contributed by atoms with Gasteiger partial charge in [0.15, 0.2) is 0 Å². The Morgan fingerprint density at radius 2 is 1.90 bits per heavy atom. The van der Waals surface area contributed by atoms with E-state index in [1.165, 1.54) is 24.0 Å². The van der Waals surface area contributed by atoms with Crippen molar-refractivity contribution in [2.45, 2.75) is 52.2 Å². The maximum absolute atomic E-state index is 6.23. The van der Waals surface area contributed by atoms with Crippen molar-refractivity contribution in [3.05, 3.63) is 52.4 Å². The molecule has 6 heteroatoms. The zero-order chi connectivity index (χ0) is 20.2. The number of benzene rings is 1. The third-order valence-corrected chi connectivity index (χ3v) is 6.63. The summed E-state index contributed by atoms with van der Waals surface area (Å²) in [5.74, 6) is 1.65. The lowest BCUT2D eigenvalue weighted by atomic mass is 9.79. The molecule has 1 aliphatic heterocycles. The van der Waals surface area contributed by atoms with Gasteiger partial charge in [-0.2, -0.15) is 0 Å². The third kappa shape index (κ3) is 4.90. The van der Waals surface area contributed by atoms with Gasteiger partial charge in [-0.1, -0.05) is 44.2 Å². The highest BCUT2D eigenvalue weighted by Crippen LogP contribution is 2.33. The van der Waals surface area contributed by atoms with Gasteiger partial charge >= 0.3 is 0 Å². The van der Waals surface area contributed by atoms with E-state index in [0.29, 0.717) is 11.2 Å². The average molecular weight is 414 g/mol. The molecule has 29 heavy (non-hydrogen) atoms. The lowest BCUT2D eigenvalue weighted by molar-refractivity contribution is 0.0934. The molecule has 1 aromatic heterocycles. The molecule has 4 rings (SSSR count). The first kappa shape index (κ1) is 20.6.